The Bertz CT molecular complexity index is 1040. The van der Waals surface area contributed by atoms with Crippen molar-refractivity contribution in [2.75, 3.05) is 31.8 Å². The van der Waals surface area contributed by atoms with E-state index in [0.29, 0.717) is 11.3 Å². The molecule has 3 heterocycles. The van der Waals surface area contributed by atoms with Crippen molar-refractivity contribution in [3.63, 3.8) is 0 Å². The summed E-state index contributed by atoms with van der Waals surface area (Å²) in [7, 11) is 1.43. The number of anilines is 1. The number of methoxy groups -OCH3 is 1. The van der Waals surface area contributed by atoms with Crippen LogP contribution < -0.4 is 11.1 Å². The fraction of sp³-hybridized carbons (Fsp3) is 0.474. The van der Waals surface area contributed by atoms with Gasteiger partial charge in [-0.05, 0) is 12.5 Å². The molecule has 3 rings (SSSR count). The van der Waals surface area contributed by atoms with Gasteiger partial charge in [-0.2, -0.15) is 0 Å². The van der Waals surface area contributed by atoms with Gasteiger partial charge in [-0.15, -0.1) is 23.1 Å². The average molecular weight is 515 g/mol. The van der Waals surface area contributed by atoms with Crippen LogP contribution in [0.4, 0.5) is 9.93 Å². The van der Waals surface area contributed by atoms with Gasteiger partial charge in [-0.1, -0.05) is 0 Å². The number of fused-ring (bicyclic) bond motifs is 1. The molecule has 15 heteroatoms. The minimum Gasteiger partial charge on any atom is -0.435 e. The Labute approximate surface area is 201 Å². The number of esters is 1. The van der Waals surface area contributed by atoms with Crippen LogP contribution in [0.5, 0.6) is 0 Å². The first-order chi connectivity index (χ1) is 16.2. The quantitative estimate of drug-likeness (QED) is 0.151. The number of nitrogen functional groups attached to an aromatic ring is 1. The van der Waals surface area contributed by atoms with Crippen LogP contribution in [0.25, 0.3) is 0 Å². The Morgan fingerprint density at radius 2 is 2.06 bits per heavy atom. The topological polar surface area (TPSA) is 176 Å². The number of nitrogens with two attached hydrogens (primary N) is 1. The van der Waals surface area contributed by atoms with E-state index in [-0.39, 0.29) is 29.7 Å². The third-order valence-corrected chi connectivity index (χ3v) is 6.62. The second-order valence-corrected chi connectivity index (χ2v) is 8.91. The van der Waals surface area contributed by atoms with Crippen molar-refractivity contribution >= 4 is 58.0 Å². The fourth-order valence-electron chi connectivity index (χ4n) is 3.19. The van der Waals surface area contributed by atoms with E-state index in [0.717, 1.165) is 16.2 Å². The van der Waals surface area contributed by atoms with Crippen LogP contribution in [0.1, 0.15) is 24.3 Å². The van der Waals surface area contributed by atoms with Crippen molar-refractivity contribution in [3.8, 4) is 0 Å². The Kier molecular flexibility index (Phi) is 8.11. The molecule has 2 aliphatic heterocycles. The lowest BCUT2D eigenvalue weighted by molar-refractivity contribution is -0.169. The molecule has 0 aromatic carbocycles. The van der Waals surface area contributed by atoms with Crippen LogP contribution >= 0.6 is 23.1 Å². The summed E-state index contributed by atoms with van der Waals surface area (Å²) in [5.74, 6) is -3.18. The highest BCUT2D eigenvalue weighted by Crippen LogP contribution is 2.40. The molecule has 34 heavy (non-hydrogen) atoms. The van der Waals surface area contributed by atoms with Crippen LogP contribution in [0.2, 0.25) is 0 Å². The highest BCUT2D eigenvalue weighted by molar-refractivity contribution is 8.00. The molecule has 0 bridgehead atoms. The van der Waals surface area contributed by atoms with Gasteiger partial charge in [-0.3, -0.25) is 19.3 Å². The summed E-state index contributed by atoms with van der Waals surface area (Å²) in [5.41, 5.74) is 5.77. The molecule has 0 saturated carbocycles. The zero-order chi connectivity index (χ0) is 25.0. The molecule has 0 aliphatic carbocycles. The minimum atomic E-state index is -1.29. The summed E-state index contributed by atoms with van der Waals surface area (Å²) in [5, 5.41) is 3.21. The van der Waals surface area contributed by atoms with Crippen LogP contribution in [0, 0.1) is 0 Å². The van der Waals surface area contributed by atoms with E-state index in [4.69, 9.17) is 19.9 Å². The third kappa shape index (κ3) is 5.31. The average Bonchev–Trinajstić information content (AvgIpc) is 3.22. The molecule has 2 aliphatic rings. The summed E-state index contributed by atoms with van der Waals surface area (Å²) in [4.78, 5) is 66.7. The highest BCUT2D eigenvalue weighted by Gasteiger charge is 2.55. The molecule has 0 spiro atoms. The predicted octanol–water partition coefficient (Wildman–Crippen LogP) is 0.271. The number of ketones is 1. The lowest BCUT2D eigenvalue weighted by Gasteiger charge is -2.49. The third-order valence-electron chi connectivity index (χ3n) is 4.60. The number of carbonyl (C=O) groups is 5. The number of ether oxygens (including phenoxy) is 4. The van der Waals surface area contributed by atoms with Crippen LogP contribution in [-0.4, -0.2) is 83.4 Å². The molecule has 13 nitrogen and oxygen atoms in total. The van der Waals surface area contributed by atoms with Crippen molar-refractivity contribution in [2.24, 2.45) is 0 Å². The summed E-state index contributed by atoms with van der Waals surface area (Å²) >= 11 is 2.28. The molecule has 184 valence electrons. The van der Waals surface area contributed by atoms with Gasteiger partial charge in [0.1, 0.15) is 22.8 Å². The number of thioether (sulfide) groups is 1. The van der Waals surface area contributed by atoms with Gasteiger partial charge in [0.05, 0.1) is 13.2 Å². The Morgan fingerprint density at radius 3 is 2.68 bits per heavy atom. The Hall–Kier alpha value is -3.17. The number of thiazole rings is 1. The number of rotatable bonds is 9. The first-order valence-corrected chi connectivity index (χ1v) is 11.9. The lowest BCUT2D eigenvalue weighted by atomic mass is 10.0. The van der Waals surface area contributed by atoms with E-state index < -0.39 is 47.4 Å². The van der Waals surface area contributed by atoms with Crippen LogP contribution in [0.3, 0.4) is 0 Å². The van der Waals surface area contributed by atoms with E-state index in [1.165, 1.54) is 31.2 Å². The molecule has 1 saturated heterocycles. The maximum absolute atomic E-state index is 12.9. The maximum Gasteiger partial charge on any atom is 0.511 e. The minimum absolute atomic E-state index is 0.0435. The van der Waals surface area contributed by atoms with E-state index in [1.807, 2.05) is 0 Å². The fourth-order valence-corrected chi connectivity index (χ4v) is 5.06. The number of hydrogen-bond donors (Lipinski definition) is 2. The number of aromatic nitrogens is 1. The van der Waals surface area contributed by atoms with Gasteiger partial charge in [0.2, 0.25) is 6.29 Å². The standard InChI is InChI=1S/C19H22N4O9S2/c1-4-30-19(28)32-8(2)31-17(27)12-9(5-29-3)6-33-16-11(15(26)23(12)16)22-14(25)13(24)10-7-34-18(20)21-10/h7-8,11,16H,4-6H2,1-3H3,(H2,20,21)(H,22,25)/t8?,11?,16-/m1/s1. The van der Waals surface area contributed by atoms with E-state index in [9.17, 15) is 24.0 Å². The van der Waals surface area contributed by atoms with Crippen molar-refractivity contribution in [2.45, 2.75) is 31.6 Å². The first-order valence-electron chi connectivity index (χ1n) is 9.94. The molecule has 0 radical (unpaired) electrons. The number of amides is 2. The Morgan fingerprint density at radius 1 is 1.32 bits per heavy atom. The largest absolute Gasteiger partial charge is 0.511 e. The summed E-state index contributed by atoms with van der Waals surface area (Å²) < 4.78 is 19.7. The van der Waals surface area contributed by atoms with Gasteiger partial charge >= 0.3 is 12.1 Å². The molecular formula is C19H22N4O9S2. The molecule has 3 N–H and O–H groups in total. The molecule has 1 fully saturated rings. The van der Waals surface area contributed by atoms with Gasteiger partial charge in [-0.25, -0.2) is 14.6 Å². The van der Waals surface area contributed by atoms with E-state index >= 15 is 0 Å². The zero-order valence-corrected chi connectivity index (χ0v) is 20.0. The monoisotopic (exact) mass is 514 g/mol. The first kappa shape index (κ1) is 25.5. The lowest BCUT2D eigenvalue weighted by Crippen LogP contribution is -2.71. The molecule has 2 unspecified atom stereocenters. The Balaban J connectivity index is 1.71. The van der Waals surface area contributed by atoms with Gasteiger partial charge in [0.15, 0.2) is 5.13 Å². The maximum atomic E-state index is 12.9. The second-order valence-electron chi connectivity index (χ2n) is 6.92. The van der Waals surface area contributed by atoms with Gasteiger partial charge < -0.3 is 30.0 Å². The van der Waals surface area contributed by atoms with Crippen molar-refractivity contribution in [1.29, 1.82) is 0 Å². The number of nitrogens with one attached hydrogen (secondary N) is 1. The number of Topliss-reactive ketones (excluding diaryl/α,β-unsaturated/α-hetero) is 1. The van der Waals surface area contributed by atoms with Crippen molar-refractivity contribution in [3.05, 3.63) is 22.3 Å². The molecule has 3 atom stereocenters. The molecule has 2 amide bonds. The second kappa shape index (κ2) is 10.8. The van der Waals surface area contributed by atoms with Crippen molar-refractivity contribution in [1.82, 2.24) is 15.2 Å². The van der Waals surface area contributed by atoms with Crippen molar-refractivity contribution < 1.29 is 42.9 Å². The van der Waals surface area contributed by atoms with Gasteiger partial charge in [0, 0.05) is 25.2 Å². The van der Waals surface area contributed by atoms with E-state index in [2.05, 4.69) is 15.0 Å². The predicted molar refractivity (Wildman–Crippen MR) is 118 cm³/mol. The molecule has 1 aromatic rings. The van der Waals surface area contributed by atoms with Crippen LogP contribution in [-0.2, 0) is 33.3 Å². The molecular weight excluding hydrogens is 492 g/mol. The number of hydrogen-bond acceptors (Lipinski definition) is 13. The summed E-state index contributed by atoms with van der Waals surface area (Å²) in [6, 6.07) is -1.04. The van der Waals surface area contributed by atoms with Crippen LogP contribution in [0.15, 0.2) is 16.7 Å². The van der Waals surface area contributed by atoms with Gasteiger partial charge in [0.25, 0.3) is 17.6 Å². The smallest absolute Gasteiger partial charge is 0.435 e. The number of β-lactam (4-membered cyclic amide) rings is 1. The zero-order valence-electron chi connectivity index (χ0n) is 18.4. The number of carbonyl (C=O) groups excluding carboxylic acids is 5. The SMILES string of the molecule is CCOC(=O)OC(C)OC(=O)C1=C(COC)CS[C@@H]2C(NC(=O)C(=O)c3csc(N)n3)C(=O)N12. The summed E-state index contributed by atoms with van der Waals surface area (Å²) in [6.07, 6.45) is -2.30. The van der Waals surface area contributed by atoms with E-state index in [1.54, 1.807) is 6.92 Å². The normalized spacial score (nSPS) is 20.1. The molecule has 1 aromatic heterocycles. The highest BCUT2D eigenvalue weighted by atomic mass is 32.2. The summed E-state index contributed by atoms with van der Waals surface area (Å²) in [6.45, 7) is 3.03. The number of nitrogens with zero attached hydrogens (tertiary/aromatic N) is 2.